The highest BCUT2D eigenvalue weighted by atomic mass is 28.3. The van der Waals surface area contributed by atoms with Gasteiger partial charge in [-0.15, -0.1) is 0 Å². The van der Waals surface area contributed by atoms with Gasteiger partial charge < -0.3 is 0 Å². The minimum Gasteiger partial charge on any atom is -0.268 e. The molecule has 0 amide bonds. The molecule has 8 rings (SSSR count). The van der Waals surface area contributed by atoms with Crippen LogP contribution in [0, 0.1) is 20.8 Å². The molecule has 0 saturated carbocycles. The van der Waals surface area contributed by atoms with Gasteiger partial charge in [-0.05, 0) is 97.4 Å². The van der Waals surface area contributed by atoms with Crippen molar-refractivity contribution in [2.75, 3.05) is 0 Å². The van der Waals surface area contributed by atoms with Crippen molar-refractivity contribution >= 4 is 91.2 Å². The summed E-state index contributed by atoms with van der Waals surface area (Å²) in [6.45, 7) is 20.4. The molecule has 0 unspecified atom stereocenters. The second kappa shape index (κ2) is 7.77. The fourth-order valence-electron chi connectivity index (χ4n) is 7.83. The van der Waals surface area contributed by atoms with E-state index in [4.69, 9.17) is 0 Å². The van der Waals surface area contributed by atoms with E-state index in [1.54, 1.807) is 0 Å². The summed E-state index contributed by atoms with van der Waals surface area (Å²) in [5.41, 5.74) is 3.49. The summed E-state index contributed by atoms with van der Waals surface area (Å²) in [6, 6.07) is 17.8. The number of benzene rings is 6. The van der Waals surface area contributed by atoms with Gasteiger partial charge in [0, 0.05) is 0 Å². The third-order valence-electron chi connectivity index (χ3n) is 9.92. The lowest BCUT2D eigenvalue weighted by Gasteiger charge is -2.21. The van der Waals surface area contributed by atoms with Crippen molar-refractivity contribution in [3.63, 3.8) is 0 Å². The summed E-state index contributed by atoms with van der Waals surface area (Å²) >= 11 is 0. The van der Waals surface area contributed by atoms with Gasteiger partial charge in [0.2, 0.25) is 0 Å². The van der Waals surface area contributed by atoms with Crippen molar-refractivity contribution in [3.05, 3.63) is 85.9 Å². The van der Waals surface area contributed by atoms with E-state index in [0.717, 1.165) is 27.5 Å². The average Bonchev–Trinajstić information content (AvgIpc) is 3.40. The smallest absolute Gasteiger partial charge is 0.266 e. The van der Waals surface area contributed by atoms with Crippen molar-refractivity contribution in [1.82, 2.24) is 4.57 Å². The largest absolute Gasteiger partial charge is 0.268 e. The van der Waals surface area contributed by atoms with Gasteiger partial charge in [0.25, 0.3) is 11.1 Å². The lowest BCUT2D eigenvalue weighted by Crippen LogP contribution is -2.38. The number of hydrogen-bond donors (Lipinski definition) is 0. The van der Waals surface area contributed by atoms with Crippen molar-refractivity contribution < 1.29 is 0 Å². The molecule has 1 aromatic heterocycles. The number of aromatic nitrogens is 1. The van der Waals surface area contributed by atoms with Crippen molar-refractivity contribution in [3.8, 4) is 5.69 Å². The Bertz CT molecular complexity index is 2400. The Morgan fingerprint density at radius 3 is 1.36 bits per heavy atom. The summed E-state index contributed by atoms with van der Waals surface area (Å²) in [5, 5.41) is 15.9. The maximum atomic E-state index is 14.7. The zero-order valence-corrected chi connectivity index (χ0v) is 27.9. The van der Waals surface area contributed by atoms with Gasteiger partial charge >= 0.3 is 0 Å². The lowest BCUT2D eigenvalue weighted by atomic mass is 9.95. The molecular formula is C37H35NO2Si2. The third kappa shape index (κ3) is 3.00. The molecule has 0 bridgehead atoms. The zero-order valence-electron chi connectivity index (χ0n) is 25.9. The van der Waals surface area contributed by atoms with Crippen LogP contribution in [0.3, 0.4) is 0 Å². The molecule has 208 valence electrons. The van der Waals surface area contributed by atoms with E-state index in [0.29, 0.717) is 16.5 Å². The Hall–Kier alpha value is -3.81. The topological polar surface area (TPSA) is 39.1 Å². The van der Waals surface area contributed by atoms with Crippen LogP contribution in [-0.2, 0) is 0 Å². The van der Waals surface area contributed by atoms with Crippen LogP contribution in [0.25, 0.3) is 70.3 Å². The quantitative estimate of drug-likeness (QED) is 0.157. The zero-order chi connectivity index (χ0) is 29.8. The highest BCUT2D eigenvalue weighted by Crippen LogP contribution is 2.49. The van der Waals surface area contributed by atoms with E-state index in [1.165, 1.54) is 58.0 Å². The maximum Gasteiger partial charge on any atom is 0.266 e. The molecule has 7 aromatic carbocycles. The number of aryl methyl sites for hydroxylation is 3. The molecule has 0 spiro atoms. The van der Waals surface area contributed by atoms with E-state index in [1.807, 2.05) is 19.9 Å². The average molecular weight is 582 g/mol. The fourth-order valence-corrected chi connectivity index (χ4v) is 11.0. The highest BCUT2D eigenvalue weighted by Gasteiger charge is 2.32. The second-order valence-corrected chi connectivity index (χ2v) is 24.8. The molecule has 0 atom stereocenters. The first-order valence-electron chi connectivity index (χ1n) is 15.0. The van der Waals surface area contributed by atoms with E-state index in [2.05, 4.69) is 88.7 Å². The van der Waals surface area contributed by atoms with Crippen molar-refractivity contribution in [2.45, 2.75) is 60.1 Å². The predicted octanol–water partition coefficient (Wildman–Crippen LogP) is 7.88. The molecule has 0 radical (unpaired) electrons. The molecular weight excluding hydrogens is 547 g/mol. The van der Waals surface area contributed by atoms with E-state index < -0.39 is 16.1 Å². The van der Waals surface area contributed by atoms with Crippen molar-refractivity contribution in [2.24, 2.45) is 0 Å². The molecule has 0 aliphatic heterocycles. The standard InChI is InChI=1S/C37H35NO2Si2/c1-18-14-20(3)26(15-19(18)2)38-36(39)34-24-16-27(41(4,5)6)22-12-10-21-11-13-23-28(42(7,8)9)17-25(35(34)37(38)40)33-31(23)29(21)30(22)32(24)33/h10-17H,1-9H3. The summed E-state index contributed by atoms with van der Waals surface area (Å²) in [6.07, 6.45) is 0. The second-order valence-electron chi connectivity index (χ2n) is 14.7. The first kappa shape index (κ1) is 25.9. The van der Waals surface area contributed by atoms with Crippen LogP contribution < -0.4 is 21.5 Å². The highest BCUT2D eigenvalue weighted by molar-refractivity contribution is 6.91. The maximum absolute atomic E-state index is 14.7. The number of fused-ring (bicyclic) bond motifs is 3. The van der Waals surface area contributed by atoms with Crippen LogP contribution in [0.2, 0.25) is 39.3 Å². The van der Waals surface area contributed by atoms with Crippen LogP contribution in [0.1, 0.15) is 16.7 Å². The fraction of sp³-hybridized carbons (Fsp3) is 0.243. The van der Waals surface area contributed by atoms with Crippen LogP contribution >= 0.6 is 0 Å². The summed E-state index contributed by atoms with van der Waals surface area (Å²) in [5.74, 6) is 0. The van der Waals surface area contributed by atoms with Gasteiger partial charge in [0.15, 0.2) is 0 Å². The van der Waals surface area contributed by atoms with Gasteiger partial charge in [-0.3, -0.25) is 9.59 Å². The monoisotopic (exact) mass is 581 g/mol. The molecule has 0 N–H and O–H groups in total. The van der Waals surface area contributed by atoms with Gasteiger partial charge in [-0.25, -0.2) is 4.57 Å². The van der Waals surface area contributed by atoms with Crippen LogP contribution in [-0.4, -0.2) is 20.7 Å². The van der Waals surface area contributed by atoms with Crippen molar-refractivity contribution in [1.29, 1.82) is 0 Å². The van der Waals surface area contributed by atoms with E-state index >= 15 is 0 Å². The third-order valence-corrected chi connectivity index (χ3v) is 14.0. The molecule has 0 saturated heterocycles. The van der Waals surface area contributed by atoms with Gasteiger partial charge in [0.05, 0.1) is 32.6 Å². The number of hydrogen-bond acceptors (Lipinski definition) is 2. The molecule has 0 fully saturated rings. The molecule has 5 heteroatoms. The predicted molar refractivity (Wildman–Crippen MR) is 188 cm³/mol. The first-order valence-corrected chi connectivity index (χ1v) is 22.0. The Balaban J connectivity index is 1.75. The Morgan fingerprint density at radius 2 is 0.905 bits per heavy atom. The minimum atomic E-state index is -1.83. The van der Waals surface area contributed by atoms with Gasteiger partial charge in [-0.2, -0.15) is 0 Å². The van der Waals surface area contributed by atoms with Gasteiger partial charge in [0.1, 0.15) is 0 Å². The molecule has 3 nitrogen and oxygen atoms in total. The van der Waals surface area contributed by atoms with Crippen LogP contribution in [0.4, 0.5) is 0 Å². The summed E-state index contributed by atoms with van der Waals surface area (Å²) < 4.78 is 1.47. The SMILES string of the molecule is Cc1cc(C)c(-n2c(=O)c3c4cc([Si](C)(C)C)c5ccc6ccc7c([Si](C)(C)C)cc(c3c2=O)c2c7c6c5c42)cc1C. The van der Waals surface area contributed by atoms with E-state index in [9.17, 15) is 9.59 Å². The van der Waals surface area contributed by atoms with Crippen LogP contribution in [0.15, 0.2) is 58.1 Å². The molecule has 1 heterocycles. The normalized spacial score (nSPS) is 13.5. The van der Waals surface area contributed by atoms with E-state index in [-0.39, 0.29) is 11.1 Å². The Labute approximate surface area is 246 Å². The molecule has 42 heavy (non-hydrogen) atoms. The molecule has 0 aliphatic rings. The summed E-state index contributed by atoms with van der Waals surface area (Å²) in [4.78, 5) is 29.3. The summed E-state index contributed by atoms with van der Waals surface area (Å²) in [7, 11) is -3.66. The first-order chi connectivity index (χ1) is 19.7. The van der Waals surface area contributed by atoms with Crippen LogP contribution in [0.5, 0.6) is 0 Å². The molecule has 0 aliphatic carbocycles. The molecule has 8 aromatic rings. The van der Waals surface area contributed by atoms with Gasteiger partial charge in [-0.1, -0.05) is 92.1 Å². The number of rotatable bonds is 3. The lowest BCUT2D eigenvalue weighted by molar-refractivity contribution is 0.973. The Kier molecular flexibility index (Phi) is 4.79. The minimum absolute atomic E-state index is 0.193. The Morgan fingerprint density at radius 1 is 0.476 bits per heavy atom. The number of nitrogens with zero attached hydrogens (tertiary/aromatic N) is 1.